The van der Waals surface area contributed by atoms with E-state index in [2.05, 4.69) is 15.1 Å². The number of hydrogen-bond donors (Lipinski definition) is 2. The molecule has 0 unspecified atom stereocenters. The highest BCUT2D eigenvalue weighted by atomic mass is 16.5. The first-order valence-electron chi connectivity index (χ1n) is 6.65. The highest BCUT2D eigenvalue weighted by Crippen LogP contribution is 2.13. The maximum atomic E-state index is 8.63. The summed E-state index contributed by atoms with van der Waals surface area (Å²) >= 11 is 0. The standard InChI is InChI=1S/C15H19N3O2/c1-12(18-19)9-13-4-6-15(7-5-13)20-8-2-3-14-10-16-11-17-14/h4-7,10-11,19H,2-3,8-9H2,1H3,(H,16,17)/b18-12+. The van der Waals surface area contributed by atoms with Gasteiger partial charge in [-0.3, -0.25) is 0 Å². The van der Waals surface area contributed by atoms with Crippen molar-refractivity contribution in [3.8, 4) is 5.75 Å². The topological polar surface area (TPSA) is 70.5 Å². The fourth-order valence-corrected chi connectivity index (χ4v) is 1.91. The van der Waals surface area contributed by atoms with Gasteiger partial charge in [0.1, 0.15) is 5.75 Å². The van der Waals surface area contributed by atoms with E-state index in [1.165, 1.54) is 0 Å². The van der Waals surface area contributed by atoms with E-state index >= 15 is 0 Å². The summed E-state index contributed by atoms with van der Waals surface area (Å²) in [6.45, 7) is 2.46. The number of hydrogen-bond acceptors (Lipinski definition) is 4. The van der Waals surface area contributed by atoms with Gasteiger partial charge in [0.15, 0.2) is 0 Å². The SMILES string of the molecule is C/C(Cc1ccc(OCCCc2c[nH]cn2)cc1)=N\O. The van der Waals surface area contributed by atoms with Gasteiger partial charge in [-0.25, -0.2) is 4.98 Å². The molecule has 0 bridgehead atoms. The highest BCUT2D eigenvalue weighted by molar-refractivity contribution is 5.83. The summed E-state index contributed by atoms with van der Waals surface area (Å²) in [6, 6.07) is 7.85. The number of H-pyrrole nitrogens is 1. The van der Waals surface area contributed by atoms with Crippen molar-refractivity contribution in [1.29, 1.82) is 0 Å². The van der Waals surface area contributed by atoms with Gasteiger partial charge < -0.3 is 14.9 Å². The van der Waals surface area contributed by atoms with Gasteiger partial charge in [-0.05, 0) is 37.5 Å². The average Bonchev–Trinajstić information content (AvgIpc) is 2.98. The molecular weight excluding hydrogens is 254 g/mol. The van der Waals surface area contributed by atoms with E-state index in [0.29, 0.717) is 18.7 Å². The molecule has 0 aliphatic rings. The predicted molar refractivity (Wildman–Crippen MR) is 77.4 cm³/mol. The van der Waals surface area contributed by atoms with Gasteiger partial charge in [0.05, 0.1) is 24.3 Å². The number of aryl methyl sites for hydroxylation is 1. The second-order valence-corrected chi connectivity index (χ2v) is 4.67. The Hall–Kier alpha value is -2.30. The molecule has 0 saturated heterocycles. The number of ether oxygens (including phenoxy) is 1. The second-order valence-electron chi connectivity index (χ2n) is 4.67. The molecule has 0 amide bonds. The molecule has 0 aliphatic carbocycles. The van der Waals surface area contributed by atoms with Crippen molar-refractivity contribution in [2.75, 3.05) is 6.61 Å². The van der Waals surface area contributed by atoms with Crippen LogP contribution < -0.4 is 4.74 Å². The quantitative estimate of drug-likeness (QED) is 0.353. The van der Waals surface area contributed by atoms with E-state index in [0.717, 1.165) is 29.8 Å². The van der Waals surface area contributed by atoms with Gasteiger partial charge in [0.2, 0.25) is 0 Å². The molecule has 2 rings (SSSR count). The van der Waals surface area contributed by atoms with Gasteiger partial charge in [-0.15, -0.1) is 0 Å². The first-order valence-corrected chi connectivity index (χ1v) is 6.65. The lowest BCUT2D eigenvalue weighted by Gasteiger charge is -2.06. The summed E-state index contributed by atoms with van der Waals surface area (Å²) in [5.41, 5.74) is 2.85. The number of benzene rings is 1. The lowest BCUT2D eigenvalue weighted by atomic mass is 10.1. The van der Waals surface area contributed by atoms with E-state index < -0.39 is 0 Å². The maximum Gasteiger partial charge on any atom is 0.119 e. The lowest BCUT2D eigenvalue weighted by molar-refractivity contribution is 0.310. The molecule has 0 radical (unpaired) electrons. The molecule has 5 nitrogen and oxygen atoms in total. The second kappa shape index (κ2) is 7.33. The summed E-state index contributed by atoms with van der Waals surface area (Å²) in [7, 11) is 0. The van der Waals surface area contributed by atoms with E-state index in [1.54, 1.807) is 13.3 Å². The average molecular weight is 273 g/mol. The van der Waals surface area contributed by atoms with Gasteiger partial charge in [0.25, 0.3) is 0 Å². The van der Waals surface area contributed by atoms with Gasteiger partial charge in [-0.1, -0.05) is 17.3 Å². The zero-order valence-electron chi connectivity index (χ0n) is 11.5. The Morgan fingerprint density at radius 1 is 1.35 bits per heavy atom. The van der Waals surface area contributed by atoms with Crippen LogP contribution >= 0.6 is 0 Å². The molecule has 0 spiro atoms. The first-order chi connectivity index (χ1) is 9.78. The molecule has 0 atom stereocenters. The molecule has 1 heterocycles. The van der Waals surface area contributed by atoms with Crippen LogP contribution in [0.2, 0.25) is 0 Å². The van der Waals surface area contributed by atoms with Crippen LogP contribution in [0, 0.1) is 0 Å². The summed E-state index contributed by atoms with van der Waals surface area (Å²) in [5, 5.41) is 11.8. The highest BCUT2D eigenvalue weighted by Gasteiger charge is 1.99. The summed E-state index contributed by atoms with van der Waals surface area (Å²) < 4.78 is 5.67. The van der Waals surface area contributed by atoms with Gasteiger partial charge >= 0.3 is 0 Å². The first kappa shape index (κ1) is 14.1. The number of aromatic nitrogens is 2. The molecule has 2 aromatic rings. The van der Waals surface area contributed by atoms with Gasteiger partial charge in [-0.2, -0.15) is 0 Å². The Labute approximate surface area is 118 Å². The fourth-order valence-electron chi connectivity index (χ4n) is 1.91. The Morgan fingerprint density at radius 3 is 2.80 bits per heavy atom. The van der Waals surface area contributed by atoms with E-state index in [4.69, 9.17) is 9.94 Å². The number of nitrogens with zero attached hydrogens (tertiary/aromatic N) is 2. The molecule has 20 heavy (non-hydrogen) atoms. The van der Waals surface area contributed by atoms with Crippen LogP contribution in [0.1, 0.15) is 24.6 Å². The zero-order valence-corrected chi connectivity index (χ0v) is 11.5. The third-order valence-electron chi connectivity index (χ3n) is 2.95. The van der Waals surface area contributed by atoms with Crippen LogP contribution in [0.3, 0.4) is 0 Å². The van der Waals surface area contributed by atoms with Crippen LogP contribution in [0.15, 0.2) is 41.9 Å². The molecule has 1 aromatic carbocycles. The Kier molecular flexibility index (Phi) is 5.17. The minimum absolute atomic E-state index is 0.649. The molecule has 0 aliphatic heterocycles. The van der Waals surface area contributed by atoms with Crippen molar-refractivity contribution in [3.63, 3.8) is 0 Å². The largest absolute Gasteiger partial charge is 0.494 e. The molecule has 0 fully saturated rings. The predicted octanol–water partition coefficient (Wildman–Crippen LogP) is 2.81. The van der Waals surface area contributed by atoms with Crippen LogP contribution in [-0.2, 0) is 12.8 Å². The number of oxime groups is 1. The van der Waals surface area contributed by atoms with Crippen LogP contribution in [0.25, 0.3) is 0 Å². The van der Waals surface area contributed by atoms with Crippen molar-refractivity contribution < 1.29 is 9.94 Å². The lowest BCUT2D eigenvalue weighted by Crippen LogP contribution is -2.00. The molecule has 5 heteroatoms. The number of rotatable bonds is 7. The smallest absolute Gasteiger partial charge is 0.119 e. The van der Waals surface area contributed by atoms with Crippen molar-refractivity contribution in [3.05, 3.63) is 48.0 Å². The molecule has 2 N–H and O–H groups in total. The molecular formula is C15H19N3O2. The zero-order chi connectivity index (χ0) is 14.2. The Bertz CT molecular complexity index is 533. The molecule has 0 saturated carbocycles. The van der Waals surface area contributed by atoms with Crippen molar-refractivity contribution in [1.82, 2.24) is 9.97 Å². The maximum absolute atomic E-state index is 8.63. The normalized spacial score (nSPS) is 11.6. The fraction of sp³-hybridized carbons (Fsp3) is 0.333. The number of nitrogens with one attached hydrogen (secondary N) is 1. The van der Waals surface area contributed by atoms with E-state index in [1.807, 2.05) is 30.5 Å². The summed E-state index contributed by atoms with van der Waals surface area (Å²) in [6.07, 6.45) is 6.08. The number of imidazole rings is 1. The minimum atomic E-state index is 0.649. The van der Waals surface area contributed by atoms with Gasteiger partial charge in [0, 0.05) is 12.6 Å². The monoisotopic (exact) mass is 273 g/mol. The number of aromatic amines is 1. The molecule has 1 aromatic heterocycles. The Balaban J connectivity index is 1.73. The van der Waals surface area contributed by atoms with Crippen LogP contribution in [-0.4, -0.2) is 27.5 Å². The van der Waals surface area contributed by atoms with E-state index in [-0.39, 0.29) is 0 Å². The third-order valence-corrected chi connectivity index (χ3v) is 2.95. The van der Waals surface area contributed by atoms with Crippen molar-refractivity contribution in [2.45, 2.75) is 26.2 Å². The van der Waals surface area contributed by atoms with Crippen LogP contribution in [0.5, 0.6) is 5.75 Å². The van der Waals surface area contributed by atoms with Crippen molar-refractivity contribution in [2.24, 2.45) is 5.16 Å². The summed E-state index contributed by atoms with van der Waals surface area (Å²) in [4.78, 5) is 7.10. The Morgan fingerprint density at radius 2 is 2.15 bits per heavy atom. The van der Waals surface area contributed by atoms with E-state index in [9.17, 15) is 0 Å². The summed E-state index contributed by atoms with van der Waals surface area (Å²) in [5.74, 6) is 0.856. The minimum Gasteiger partial charge on any atom is -0.494 e. The van der Waals surface area contributed by atoms with Crippen LogP contribution in [0.4, 0.5) is 0 Å². The third kappa shape index (κ3) is 4.42. The molecule has 106 valence electrons. The van der Waals surface area contributed by atoms with Crippen molar-refractivity contribution >= 4 is 5.71 Å².